The number of fused-ring (bicyclic) bond motifs is 2. The SMILES string of the molecule is CN(C)CCN(C)C(=O)C1CCN(c2ccnc3c2c(C=C2Oc4ccc(NC(=O)Nc5cccnc5)cc4C2=O)cn3C)CC1. The zero-order chi connectivity index (χ0) is 32.4. The van der Waals surface area contributed by atoms with Gasteiger partial charge >= 0.3 is 6.03 Å². The molecule has 0 spiro atoms. The number of ether oxygens (including phenoxy) is 1. The molecule has 12 heteroatoms. The standard InChI is InChI=1S/C34H38N8O4/c1-39(2)16-17-40(3)33(44)22-10-14-42(15-11-22)27-9-13-36-32-30(27)23(21-41(32)4)18-29-31(43)26-19-24(7-8-28(26)46-29)37-34(45)38-25-6-5-12-35-20-25/h5-9,12-13,18-22H,10-11,14-17H2,1-4H3,(H2,37,38,45). The van der Waals surface area contributed by atoms with Gasteiger partial charge in [-0.25, -0.2) is 9.78 Å². The Balaban J connectivity index is 1.18. The molecule has 2 N–H and O–H groups in total. The van der Waals surface area contributed by atoms with Crippen LogP contribution in [0.3, 0.4) is 0 Å². The number of urea groups is 1. The van der Waals surface area contributed by atoms with Crippen molar-refractivity contribution in [3.8, 4) is 5.75 Å². The van der Waals surface area contributed by atoms with Crippen LogP contribution in [0.4, 0.5) is 21.9 Å². The average Bonchev–Trinajstić information content (AvgIpc) is 3.54. The molecule has 4 aromatic rings. The molecule has 12 nitrogen and oxygen atoms in total. The summed E-state index contributed by atoms with van der Waals surface area (Å²) in [6.07, 6.45) is 10.2. The van der Waals surface area contributed by atoms with Gasteiger partial charge in [-0.05, 0) is 69.4 Å². The highest BCUT2D eigenvalue weighted by Gasteiger charge is 2.31. The molecule has 46 heavy (non-hydrogen) atoms. The van der Waals surface area contributed by atoms with E-state index in [1.807, 2.05) is 49.9 Å². The van der Waals surface area contributed by atoms with Crippen molar-refractivity contribution in [2.24, 2.45) is 13.0 Å². The third-order valence-corrected chi connectivity index (χ3v) is 8.44. The number of hydrogen-bond donors (Lipinski definition) is 2. The highest BCUT2D eigenvalue weighted by Crippen LogP contribution is 2.37. The van der Waals surface area contributed by atoms with E-state index >= 15 is 0 Å². The van der Waals surface area contributed by atoms with Crippen LogP contribution in [0, 0.1) is 5.92 Å². The molecule has 0 bridgehead atoms. The van der Waals surface area contributed by atoms with Crippen molar-refractivity contribution >= 4 is 51.9 Å². The fraction of sp³-hybridized carbons (Fsp3) is 0.324. The van der Waals surface area contributed by atoms with E-state index in [0.717, 1.165) is 54.8 Å². The zero-order valence-electron chi connectivity index (χ0n) is 26.5. The Bertz CT molecular complexity index is 1810. The monoisotopic (exact) mass is 622 g/mol. The number of nitrogens with one attached hydrogen (secondary N) is 2. The lowest BCUT2D eigenvalue weighted by Gasteiger charge is -2.35. The summed E-state index contributed by atoms with van der Waals surface area (Å²) in [4.78, 5) is 53.9. The largest absolute Gasteiger partial charge is 0.452 e. The number of rotatable bonds is 8. The lowest BCUT2D eigenvalue weighted by molar-refractivity contribution is -0.134. The Morgan fingerprint density at radius 3 is 2.57 bits per heavy atom. The number of Topliss-reactive ketones (excluding diaryl/α,β-unsaturated/α-hetero) is 1. The molecular weight excluding hydrogens is 584 g/mol. The van der Waals surface area contributed by atoms with Crippen molar-refractivity contribution in [3.05, 3.63) is 78.1 Å². The number of allylic oxidation sites excluding steroid dienone is 1. The molecule has 6 rings (SSSR count). The number of nitrogens with zero attached hydrogens (tertiary/aromatic N) is 6. The Kier molecular flexibility index (Phi) is 8.71. The van der Waals surface area contributed by atoms with Crippen LogP contribution >= 0.6 is 0 Å². The normalized spacial score (nSPS) is 15.7. The molecule has 0 radical (unpaired) electrons. The van der Waals surface area contributed by atoms with Crippen LogP contribution in [0.15, 0.2) is 66.9 Å². The van der Waals surface area contributed by atoms with Gasteiger partial charge in [0.05, 0.1) is 17.4 Å². The van der Waals surface area contributed by atoms with Gasteiger partial charge in [0.15, 0.2) is 5.76 Å². The number of ketones is 1. The number of amides is 3. The summed E-state index contributed by atoms with van der Waals surface area (Å²) in [6.45, 7) is 3.03. The van der Waals surface area contributed by atoms with E-state index in [1.54, 1.807) is 55.0 Å². The number of hydrogen-bond acceptors (Lipinski definition) is 8. The highest BCUT2D eigenvalue weighted by atomic mass is 16.5. The van der Waals surface area contributed by atoms with Crippen molar-refractivity contribution in [2.75, 3.05) is 62.9 Å². The van der Waals surface area contributed by atoms with Crippen molar-refractivity contribution in [1.82, 2.24) is 24.3 Å². The molecule has 1 aromatic carbocycles. The number of likely N-dealkylation sites (N-methyl/N-ethyl adjacent to an activating group) is 2. The molecule has 0 saturated carbocycles. The van der Waals surface area contributed by atoms with Gasteiger partial charge in [0.25, 0.3) is 0 Å². The molecule has 3 aromatic heterocycles. The first kappa shape index (κ1) is 30.8. The second-order valence-corrected chi connectivity index (χ2v) is 12.0. The van der Waals surface area contributed by atoms with Gasteiger partial charge in [0.2, 0.25) is 11.7 Å². The Morgan fingerprint density at radius 1 is 1.04 bits per heavy atom. The second-order valence-electron chi connectivity index (χ2n) is 12.0. The number of carbonyl (C=O) groups is 3. The third-order valence-electron chi connectivity index (χ3n) is 8.44. The molecular formula is C34H38N8O4. The maximum Gasteiger partial charge on any atom is 0.323 e. The van der Waals surface area contributed by atoms with E-state index in [2.05, 4.69) is 30.4 Å². The van der Waals surface area contributed by atoms with Gasteiger partial charge in [-0.1, -0.05) is 0 Å². The molecule has 2 aliphatic rings. The third kappa shape index (κ3) is 6.43. The molecule has 5 heterocycles. The van der Waals surface area contributed by atoms with Crippen LogP contribution < -0.4 is 20.3 Å². The first-order valence-corrected chi connectivity index (χ1v) is 15.3. The van der Waals surface area contributed by atoms with Gasteiger partial charge in [-0.15, -0.1) is 0 Å². The fourth-order valence-electron chi connectivity index (χ4n) is 5.97. The van der Waals surface area contributed by atoms with Gasteiger partial charge < -0.3 is 34.6 Å². The van der Waals surface area contributed by atoms with Crippen LogP contribution in [0.25, 0.3) is 17.1 Å². The first-order valence-electron chi connectivity index (χ1n) is 15.3. The summed E-state index contributed by atoms with van der Waals surface area (Å²) in [5, 5.41) is 6.39. The molecule has 2 aliphatic heterocycles. The Morgan fingerprint density at radius 2 is 1.83 bits per heavy atom. The second kappa shape index (κ2) is 13.0. The van der Waals surface area contributed by atoms with Crippen LogP contribution in [0.1, 0.15) is 28.8 Å². The minimum absolute atomic E-state index is 0.00178. The number of piperidine rings is 1. The molecule has 1 fully saturated rings. The molecule has 0 atom stereocenters. The minimum Gasteiger partial charge on any atom is -0.452 e. The van der Waals surface area contributed by atoms with E-state index in [0.29, 0.717) is 29.2 Å². The number of aryl methyl sites for hydroxylation is 1. The van der Waals surface area contributed by atoms with Gasteiger partial charge in [-0.3, -0.25) is 14.6 Å². The van der Waals surface area contributed by atoms with Crippen molar-refractivity contribution in [2.45, 2.75) is 12.8 Å². The van der Waals surface area contributed by atoms with Crippen LogP contribution in [-0.4, -0.2) is 89.4 Å². The minimum atomic E-state index is -0.449. The lowest BCUT2D eigenvalue weighted by Crippen LogP contribution is -2.43. The maximum absolute atomic E-state index is 13.5. The smallest absolute Gasteiger partial charge is 0.323 e. The number of aromatic nitrogens is 3. The summed E-state index contributed by atoms with van der Waals surface area (Å²) in [5.74, 6) is 0.554. The van der Waals surface area contributed by atoms with Gasteiger partial charge in [0.1, 0.15) is 11.4 Å². The summed E-state index contributed by atoms with van der Waals surface area (Å²) < 4.78 is 7.95. The van der Waals surface area contributed by atoms with Crippen LogP contribution in [0.2, 0.25) is 0 Å². The van der Waals surface area contributed by atoms with E-state index in [-0.39, 0.29) is 23.4 Å². The summed E-state index contributed by atoms with van der Waals surface area (Å²) >= 11 is 0. The quantitative estimate of drug-likeness (QED) is 0.276. The summed E-state index contributed by atoms with van der Waals surface area (Å²) in [7, 11) is 7.83. The van der Waals surface area contributed by atoms with E-state index in [4.69, 9.17) is 4.74 Å². The molecule has 3 amide bonds. The predicted octanol–water partition coefficient (Wildman–Crippen LogP) is 4.46. The average molecular weight is 623 g/mol. The lowest BCUT2D eigenvalue weighted by atomic mass is 9.94. The Hall–Kier alpha value is -5.23. The van der Waals surface area contributed by atoms with Crippen LogP contribution in [-0.2, 0) is 11.8 Å². The number of carbonyl (C=O) groups excluding carboxylic acids is 3. The van der Waals surface area contributed by atoms with Crippen molar-refractivity contribution in [1.29, 1.82) is 0 Å². The number of benzene rings is 1. The number of pyridine rings is 2. The van der Waals surface area contributed by atoms with Crippen molar-refractivity contribution in [3.63, 3.8) is 0 Å². The van der Waals surface area contributed by atoms with E-state index < -0.39 is 6.03 Å². The summed E-state index contributed by atoms with van der Waals surface area (Å²) in [5.41, 5.74) is 3.99. The van der Waals surface area contributed by atoms with E-state index in [1.165, 1.54) is 0 Å². The highest BCUT2D eigenvalue weighted by molar-refractivity contribution is 6.16. The molecule has 0 aliphatic carbocycles. The van der Waals surface area contributed by atoms with Gasteiger partial charge in [0, 0.05) is 87.1 Å². The zero-order valence-corrected chi connectivity index (χ0v) is 26.5. The predicted molar refractivity (Wildman–Crippen MR) is 178 cm³/mol. The summed E-state index contributed by atoms with van der Waals surface area (Å²) in [6, 6.07) is 9.98. The van der Waals surface area contributed by atoms with Crippen LogP contribution in [0.5, 0.6) is 5.75 Å². The number of anilines is 3. The van der Waals surface area contributed by atoms with Crippen molar-refractivity contribution < 1.29 is 19.1 Å². The fourth-order valence-corrected chi connectivity index (χ4v) is 5.97. The maximum atomic E-state index is 13.5. The molecule has 238 valence electrons. The first-order chi connectivity index (χ1) is 22.2. The van der Waals surface area contributed by atoms with E-state index in [9.17, 15) is 14.4 Å². The molecule has 1 saturated heterocycles. The molecule has 0 unspecified atom stereocenters. The Labute approximate surface area is 267 Å². The topological polar surface area (TPSA) is 125 Å². The van der Waals surface area contributed by atoms with Gasteiger partial charge in [-0.2, -0.15) is 0 Å².